The van der Waals surface area contributed by atoms with Crippen LogP contribution in [0.5, 0.6) is 17.4 Å². The van der Waals surface area contributed by atoms with Crippen LogP contribution in [0.4, 0.5) is 11.4 Å². The Hall–Kier alpha value is -3.61. The second-order valence-electron chi connectivity index (χ2n) is 5.39. The molecule has 0 bridgehead atoms. The van der Waals surface area contributed by atoms with Gasteiger partial charge >= 0.3 is 0 Å². The molecule has 3 rings (SSSR count). The molecule has 7 nitrogen and oxygen atoms in total. The molecule has 0 saturated heterocycles. The molecule has 0 spiro atoms. The van der Waals surface area contributed by atoms with Crippen molar-refractivity contribution in [1.82, 2.24) is 4.98 Å². The normalized spacial score (nSPS) is 10.2. The fraction of sp³-hybridized carbons (Fsp3) is 0.105. The lowest BCUT2D eigenvalue weighted by Gasteiger charge is -2.09. The molecule has 0 unspecified atom stereocenters. The molecule has 0 fully saturated rings. The minimum absolute atomic E-state index is 0.0114. The molecule has 1 aromatic heterocycles. The first-order valence-electron chi connectivity index (χ1n) is 7.92. The Labute approximate surface area is 150 Å². The van der Waals surface area contributed by atoms with Crippen LogP contribution in [0.3, 0.4) is 0 Å². The van der Waals surface area contributed by atoms with Crippen molar-refractivity contribution in [3.63, 3.8) is 0 Å². The van der Waals surface area contributed by atoms with Gasteiger partial charge in [0.15, 0.2) is 0 Å². The molecular weight excluding hydrogens is 334 g/mol. The van der Waals surface area contributed by atoms with E-state index in [4.69, 9.17) is 9.47 Å². The average molecular weight is 351 g/mol. The van der Waals surface area contributed by atoms with Crippen molar-refractivity contribution >= 4 is 11.4 Å². The first-order chi connectivity index (χ1) is 12.7. The molecule has 0 amide bonds. The standard InChI is InChI=1S/C19H17N3O4/c1-20-17-11-15(7-9-18(17)22(23)24)26-16-8-10-19(21-12-16)25-13-14-5-3-2-4-6-14/h2-12,20H,13H2,1H3. The Bertz CT molecular complexity index is 883. The van der Waals surface area contributed by atoms with Crippen LogP contribution in [-0.2, 0) is 6.61 Å². The van der Waals surface area contributed by atoms with Crippen molar-refractivity contribution in [3.05, 3.63) is 82.5 Å². The quantitative estimate of drug-likeness (QED) is 0.501. The summed E-state index contributed by atoms with van der Waals surface area (Å²) in [6, 6.07) is 17.8. The van der Waals surface area contributed by atoms with Crippen LogP contribution in [-0.4, -0.2) is 17.0 Å². The van der Waals surface area contributed by atoms with Crippen LogP contribution in [0.15, 0.2) is 66.9 Å². The Morgan fingerprint density at radius 2 is 1.85 bits per heavy atom. The summed E-state index contributed by atoms with van der Waals surface area (Å²) in [7, 11) is 1.62. The number of anilines is 1. The van der Waals surface area contributed by atoms with Gasteiger partial charge in [0.1, 0.15) is 23.8 Å². The Kier molecular flexibility index (Phi) is 5.28. The van der Waals surface area contributed by atoms with Crippen molar-refractivity contribution in [3.8, 4) is 17.4 Å². The highest BCUT2D eigenvalue weighted by Gasteiger charge is 2.13. The zero-order valence-electron chi connectivity index (χ0n) is 14.1. The van der Waals surface area contributed by atoms with Gasteiger partial charge in [-0.25, -0.2) is 4.98 Å². The van der Waals surface area contributed by atoms with E-state index in [1.54, 1.807) is 37.5 Å². The predicted molar refractivity (Wildman–Crippen MR) is 97.7 cm³/mol. The van der Waals surface area contributed by atoms with Gasteiger partial charge < -0.3 is 14.8 Å². The first-order valence-corrected chi connectivity index (χ1v) is 7.92. The molecule has 0 atom stereocenters. The van der Waals surface area contributed by atoms with Gasteiger partial charge in [-0.2, -0.15) is 0 Å². The van der Waals surface area contributed by atoms with Crippen molar-refractivity contribution < 1.29 is 14.4 Å². The Morgan fingerprint density at radius 1 is 1.08 bits per heavy atom. The third-order valence-corrected chi connectivity index (χ3v) is 3.61. The highest BCUT2D eigenvalue weighted by Crippen LogP contribution is 2.31. The lowest BCUT2D eigenvalue weighted by atomic mass is 10.2. The molecule has 26 heavy (non-hydrogen) atoms. The van der Waals surface area contributed by atoms with Gasteiger partial charge in [-0.3, -0.25) is 10.1 Å². The number of hydrogen-bond acceptors (Lipinski definition) is 6. The topological polar surface area (TPSA) is 86.5 Å². The van der Waals surface area contributed by atoms with E-state index in [-0.39, 0.29) is 5.69 Å². The van der Waals surface area contributed by atoms with Gasteiger partial charge in [-0.15, -0.1) is 0 Å². The first kappa shape index (κ1) is 17.2. The molecule has 1 N–H and O–H groups in total. The number of nitro benzene ring substituents is 1. The largest absolute Gasteiger partial charge is 0.473 e. The van der Waals surface area contributed by atoms with Crippen molar-refractivity contribution in [2.45, 2.75) is 6.61 Å². The molecule has 132 valence electrons. The molecular formula is C19H17N3O4. The summed E-state index contributed by atoms with van der Waals surface area (Å²) in [4.78, 5) is 14.7. The number of nitrogens with zero attached hydrogens (tertiary/aromatic N) is 2. The minimum Gasteiger partial charge on any atom is -0.473 e. The number of hydrogen-bond donors (Lipinski definition) is 1. The SMILES string of the molecule is CNc1cc(Oc2ccc(OCc3ccccc3)nc2)ccc1[N+](=O)[O-]. The lowest BCUT2D eigenvalue weighted by Crippen LogP contribution is -1.98. The highest BCUT2D eigenvalue weighted by atomic mass is 16.6. The molecule has 0 aliphatic rings. The maximum atomic E-state index is 11.0. The molecule has 0 saturated carbocycles. The Balaban J connectivity index is 1.65. The summed E-state index contributed by atoms with van der Waals surface area (Å²) in [6.07, 6.45) is 1.54. The van der Waals surface area contributed by atoms with E-state index in [0.29, 0.717) is 29.7 Å². The van der Waals surface area contributed by atoms with Crippen LogP contribution in [0.2, 0.25) is 0 Å². The minimum atomic E-state index is -0.448. The van der Waals surface area contributed by atoms with Gasteiger partial charge in [0.05, 0.1) is 11.1 Å². The number of pyridine rings is 1. The molecule has 2 aromatic carbocycles. The van der Waals surface area contributed by atoms with Crippen LogP contribution in [0.1, 0.15) is 5.56 Å². The summed E-state index contributed by atoms with van der Waals surface area (Å²) in [5.41, 5.74) is 1.42. The smallest absolute Gasteiger partial charge is 0.292 e. The van der Waals surface area contributed by atoms with Gasteiger partial charge in [0.2, 0.25) is 5.88 Å². The Morgan fingerprint density at radius 3 is 2.50 bits per heavy atom. The van der Waals surface area contributed by atoms with E-state index in [2.05, 4.69) is 10.3 Å². The fourth-order valence-electron chi connectivity index (χ4n) is 2.32. The third-order valence-electron chi connectivity index (χ3n) is 3.61. The number of rotatable bonds is 7. The van der Waals surface area contributed by atoms with Gasteiger partial charge in [-0.05, 0) is 17.7 Å². The monoisotopic (exact) mass is 351 g/mol. The number of ether oxygens (including phenoxy) is 2. The third kappa shape index (κ3) is 4.27. The van der Waals surface area contributed by atoms with E-state index in [9.17, 15) is 10.1 Å². The maximum absolute atomic E-state index is 11.0. The molecule has 7 heteroatoms. The molecule has 3 aromatic rings. The van der Waals surface area contributed by atoms with E-state index < -0.39 is 4.92 Å². The van der Waals surface area contributed by atoms with Crippen LogP contribution < -0.4 is 14.8 Å². The molecule has 0 radical (unpaired) electrons. The van der Waals surface area contributed by atoms with E-state index in [1.807, 2.05) is 30.3 Å². The van der Waals surface area contributed by atoms with Crippen molar-refractivity contribution in [1.29, 1.82) is 0 Å². The molecule has 1 heterocycles. The maximum Gasteiger partial charge on any atom is 0.292 e. The summed E-state index contributed by atoms with van der Waals surface area (Å²) >= 11 is 0. The number of benzene rings is 2. The van der Waals surface area contributed by atoms with Crippen molar-refractivity contribution in [2.75, 3.05) is 12.4 Å². The average Bonchev–Trinajstić information content (AvgIpc) is 2.68. The van der Waals surface area contributed by atoms with Gasteiger partial charge in [0.25, 0.3) is 5.69 Å². The summed E-state index contributed by atoms with van der Waals surface area (Å²) < 4.78 is 11.3. The van der Waals surface area contributed by atoms with E-state index in [1.165, 1.54) is 6.07 Å². The van der Waals surface area contributed by atoms with Crippen LogP contribution >= 0.6 is 0 Å². The summed E-state index contributed by atoms with van der Waals surface area (Å²) in [5.74, 6) is 1.47. The van der Waals surface area contributed by atoms with E-state index >= 15 is 0 Å². The predicted octanol–water partition coefficient (Wildman–Crippen LogP) is 4.40. The van der Waals surface area contributed by atoms with Crippen molar-refractivity contribution in [2.24, 2.45) is 0 Å². The second kappa shape index (κ2) is 7.98. The zero-order chi connectivity index (χ0) is 18.4. The van der Waals surface area contributed by atoms with Crippen LogP contribution in [0.25, 0.3) is 0 Å². The zero-order valence-corrected chi connectivity index (χ0v) is 14.1. The van der Waals surface area contributed by atoms with E-state index in [0.717, 1.165) is 5.56 Å². The summed E-state index contributed by atoms with van der Waals surface area (Å²) in [5, 5.41) is 13.7. The highest BCUT2D eigenvalue weighted by molar-refractivity contribution is 5.64. The van der Waals surface area contributed by atoms with Crippen LogP contribution in [0, 0.1) is 10.1 Å². The lowest BCUT2D eigenvalue weighted by molar-refractivity contribution is -0.384. The fourth-order valence-corrected chi connectivity index (χ4v) is 2.32. The second-order valence-corrected chi connectivity index (χ2v) is 5.39. The van der Waals surface area contributed by atoms with Gasteiger partial charge in [-0.1, -0.05) is 30.3 Å². The molecule has 0 aliphatic carbocycles. The van der Waals surface area contributed by atoms with Gasteiger partial charge in [0, 0.05) is 25.2 Å². The molecule has 0 aliphatic heterocycles. The summed E-state index contributed by atoms with van der Waals surface area (Å²) in [6.45, 7) is 0.432. The number of nitrogens with one attached hydrogen (secondary N) is 1. The number of aromatic nitrogens is 1. The number of nitro groups is 1.